The Morgan fingerprint density at radius 2 is 1.70 bits per heavy atom. The van der Waals surface area contributed by atoms with Gasteiger partial charge >= 0.3 is 0 Å². The Morgan fingerprint density at radius 3 is 2.35 bits per heavy atom. The molecule has 202 valence electrons. The molecule has 0 aliphatic heterocycles. The molecule has 9 atom stereocenters. The quantitative estimate of drug-likeness (QED) is 0.495. The Bertz CT molecular complexity index is 1120. The summed E-state index contributed by atoms with van der Waals surface area (Å²) in [5, 5.41) is 13.0. The van der Waals surface area contributed by atoms with Gasteiger partial charge < -0.3 is 5.32 Å². The third-order valence-corrected chi connectivity index (χ3v) is 12.9. The van der Waals surface area contributed by atoms with Crippen LogP contribution < -0.4 is 5.32 Å². The Hall–Kier alpha value is -1.96. The number of carbonyl (C=O) groups is 3. The molecule has 4 fully saturated rings. The first-order chi connectivity index (χ1) is 17.2. The molecule has 1 N–H and O–H groups in total. The van der Waals surface area contributed by atoms with E-state index in [4.69, 9.17) is 0 Å². The first kappa shape index (κ1) is 26.6. The largest absolute Gasteiger partial charge is 0.356 e. The first-order valence-corrected chi connectivity index (χ1v) is 14.7. The molecular formula is C32H46N2O3. The van der Waals surface area contributed by atoms with Crippen molar-refractivity contribution in [2.24, 2.45) is 56.7 Å². The highest BCUT2D eigenvalue weighted by Gasteiger charge is 2.72. The molecule has 0 spiro atoms. The van der Waals surface area contributed by atoms with E-state index in [1.54, 1.807) is 0 Å². The lowest BCUT2D eigenvalue weighted by Crippen LogP contribution is -2.69. The summed E-state index contributed by atoms with van der Waals surface area (Å²) in [4.78, 5) is 41.1. The van der Waals surface area contributed by atoms with Crippen molar-refractivity contribution in [1.82, 2.24) is 5.32 Å². The molecule has 0 heterocycles. The second-order valence-corrected chi connectivity index (χ2v) is 14.9. The highest BCUT2D eigenvalue weighted by molar-refractivity contribution is 6.02. The Morgan fingerprint density at radius 1 is 1.03 bits per heavy atom. The number of Topliss-reactive ketones (excluding diaryl/α,β-unsaturated/α-hetero) is 2. The van der Waals surface area contributed by atoms with Gasteiger partial charge in [0.2, 0.25) is 5.91 Å². The van der Waals surface area contributed by atoms with E-state index in [9.17, 15) is 19.6 Å². The van der Waals surface area contributed by atoms with Crippen molar-refractivity contribution in [3.63, 3.8) is 0 Å². The molecular weight excluding hydrogens is 460 g/mol. The van der Waals surface area contributed by atoms with Gasteiger partial charge in [-0.05, 0) is 91.3 Å². The molecule has 5 aliphatic carbocycles. The fraction of sp³-hybridized carbons (Fsp3) is 0.812. The summed E-state index contributed by atoms with van der Waals surface area (Å²) < 4.78 is 0. The monoisotopic (exact) mass is 506 g/mol. The molecule has 0 aromatic carbocycles. The standard InChI is InChI=1S/C32H46N2O3/c1-8-34-27(37)32-13-11-28(3,4)17-22(32)25-23(35)15-24-29(5)16-20(18-33)26(36)19(2)21(29)9-10-30(24,6)31(25,7)12-14-32/h16,19,21-22,24-25H,8-15,17H2,1-7H3,(H,34,37)/t19-,21-,22?,24+,25?,29-,30+,31+,32-/m0/s1. The Balaban J connectivity index is 1.62. The van der Waals surface area contributed by atoms with Crippen molar-refractivity contribution < 1.29 is 14.4 Å². The predicted molar refractivity (Wildman–Crippen MR) is 143 cm³/mol. The van der Waals surface area contributed by atoms with Gasteiger partial charge in [0, 0.05) is 24.8 Å². The summed E-state index contributed by atoms with van der Waals surface area (Å²) in [6.07, 6.45) is 8.92. The number of nitrogens with one attached hydrogen (secondary N) is 1. The van der Waals surface area contributed by atoms with E-state index in [0.717, 1.165) is 44.9 Å². The summed E-state index contributed by atoms with van der Waals surface area (Å²) >= 11 is 0. The van der Waals surface area contributed by atoms with Crippen LogP contribution in [0.2, 0.25) is 0 Å². The average Bonchev–Trinajstić information content (AvgIpc) is 2.82. The molecule has 0 saturated heterocycles. The van der Waals surface area contributed by atoms with Crippen molar-refractivity contribution in [3.05, 3.63) is 11.6 Å². The molecule has 5 heteroatoms. The number of hydrogen-bond acceptors (Lipinski definition) is 4. The summed E-state index contributed by atoms with van der Waals surface area (Å²) in [6.45, 7) is 16.2. The number of fused-ring (bicyclic) bond motifs is 7. The topological polar surface area (TPSA) is 87.0 Å². The number of nitriles is 1. The van der Waals surface area contributed by atoms with E-state index in [2.05, 4.69) is 46.0 Å². The van der Waals surface area contributed by atoms with Crippen LogP contribution in [0, 0.1) is 68.0 Å². The van der Waals surface area contributed by atoms with E-state index >= 15 is 0 Å². The number of hydrogen-bond donors (Lipinski definition) is 1. The molecule has 0 aromatic rings. The molecule has 5 aliphatic rings. The van der Waals surface area contributed by atoms with Gasteiger partial charge in [0.05, 0.1) is 11.0 Å². The van der Waals surface area contributed by atoms with Crippen molar-refractivity contribution in [2.45, 2.75) is 99.8 Å². The lowest BCUT2D eigenvalue weighted by molar-refractivity contribution is -0.218. The maximum absolute atomic E-state index is 14.4. The van der Waals surface area contributed by atoms with Gasteiger partial charge in [0.15, 0.2) is 5.78 Å². The molecule has 5 rings (SSSR count). The van der Waals surface area contributed by atoms with Crippen molar-refractivity contribution in [2.75, 3.05) is 6.54 Å². The number of rotatable bonds is 2. The van der Waals surface area contributed by atoms with Crippen molar-refractivity contribution in [3.8, 4) is 6.07 Å². The number of nitrogens with zero attached hydrogens (tertiary/aromatic N) is 1. The minimum atomic E-state index is -0.449. The third kappa shape index (κ3) is 3.36. The van der Waals surface area contributed by atoms with Gasteiger partial charge in [-0.15, -0.1) is 0 Å². The predicted octanol–water partition coefficient (Wildman–Crippen LogP) is 6.03. The summed E-state index contributed by atoms with van der Waals surface area (Å²) in [5.41, 5.74) is -0.708. The van der Waals surface area contributed by atoms with Crippen LogP contribution in [0.25, 0.3) is 0 Å². The van der Waals surface area contributed by atoms with Crippen LogP contribution in [0.15, 0.2) is 11.6 Å². The zero-order valence-electron chi connectivity index (χ0n) is 24.0. The highest BCUT2D eigenvalue weighted by Crippen LogP contribution is 2.75. The zero-order valence-corrected chi connectivity index (χ0v) is 24.0. The zero-order chi connectivity index (χ0) is 27.2. The highest BCUT2D eigenvalue weighted by atomic mass is 16.2. The lowest BCUT2D eigenvalue weighted by atomic mass is 9.32. The fourth-order valence-corrected chi connectivity index (χ4v) is 10.7. The van der Waals surface area contributed by atoms with Crippen LogP contribution in [0.4, 0.5) is 0 Å². The Labute approximate surface area is 223 Å². The van der Waals surface area contributed by atoms with Gasteiger partial charge in [-0.1, -0.05) is 47.6 Å². The van der Waals surface area contributed by atoms with Crippen LogP contribution >= 0.6 is 0 Å². The second kappa shape index (κ2) is 8.27. The molecule has 4 saturated carbocycles. The molecule has 0 aromatic heterocycles. The van der Waals surface area contributed by atoms with Gasteiger partial charge in [-0.2, -0.15) is 5.26 Å². The summed E-state index contributed by atoms with van der Waals surface area (Å²) in [5.74, 6) is 0.462. The van der Waals surface area contributed by atoms with E-state index in [-0.39, 0.29) is 68.5 Å². The van der Waals surface area contributed by atoms with Crippen LogP contribution in [-0.2, 0) is 14.4 Å². The molecule has 0 bridgehead atoms. The smallest absolute Gasteiger partial charge is 0.226 e. The Kier molecular flexibility index (Phi) is 5.95. The fourth-order valence-electron chi connectivity index (χ4n) is 10.7. The minimum Gasteiger partial charge on any atom is -0.356 e. The molecule has 2 unspecified atom stereocenters. The van der Waals surface area contributed by atoms with E-state index in [1.165, 1.54) is 0 Å². The number of ketones is 2. The van der Waals surface area contributed by atoms with Crippen molar-refractivity contribution >= 4 is 17.5 Å². The van der Waals surface area contributed by atoms with Gasteiger partial charge in [0.1, 0.15) is 11.9 Å². The molecule has 0 radical (unpaired) electrons. The van der Waals surface area contributed by atoms with Gasteiger partial charge in [-0.3, -0.25) is 14.4 Å². The molecule has 37 heavy (non-hydrogen) atoms. The normalized spacial score (nSPS) is 48.4. The van der Waals surface area contributed by atoms with Gasteiger partial charge in [0.25, 0.3) is 0 Å². The number of amides is 1. The lowest BCUT2D eigenvalue weighted by Gasteiger charge is -2.71. The van der Waals surface area contributed by atoms with Crippen LogP contribution in [0.1, 0.15) is 99.8 Å². The summed E-state index contributed by atoms with van der Waals surface area (Å²) in [7, 11) is 0. The average molecular weight is 507 g/mol. The second-order valence-electron chi connectivity index (χ2n) is 14.9. The number of carbonyl (C=O) groups excluding carboxylic acids is 3. The third-order valence-electron chi connectivity index (χ3n) is 12.9. The van der Waals surface area contributed by atoms with Crippen LogP contribution in [0.3, 0.4) is 0 Å². The summed E-state index contributed by atoms with van der Waals surface area (Å²) in [6, 6.07) is 2.19. The first-order valence-electron chi connectivity index (χ1n) is 14.7. The minimum absolute atomic E-state index is 0.0337. The SMILES string of the molecule is CCNC(=O)[C@]12CCC(C)(C)CC1C1C(=O)C[C@@H]3[C@@]4(C)C=C(C#N)C(=O)[C@@H](C)[C@@H]4CC[C@@]3(C)[C@]1(C)CC2. The number of allylic oxidation sites excluding steroid dienone is 2. The molecule has 1 amide bonds. The van der Waals surface area contributed by atoms with Crippen LogP contribution in [-0.4, -0.2) is 24.0 Å². The maximum Gasteiger partial charge on any atom is 0.226 e. The van der Waals surface area contributed by atoms with E-state index < -0.39 is 5.41 Å². The van der Waals surface area contributed by atoms with E-state index in [1.807, 2.05) is 19.9 Å². The van der Waals surface area contributed by atoms with E-state index in [0.29, 0.717) is 18.7 Å². The van der Waals surface area contributed by atoms with Crippen LogP contribution in [0.5, 0.6) is 0 Å². The maximum atomic E-state index is 14.4. The van der Waals surface area contributed by atoms with Gasteiger partial charge in [-0.25, -0.2) is 0 Å². The molecule has 5 nitrogen and oxygen atoms in total. The van der Waals surface area contributed by atoms with Crippen molar-refractivity contribution in [1.29, 1.82) is 5.26 Å².